The van der Waals surface area contributed by atoms with Crippen LogP contribution in [0.3, 0.4) is 0 Å². The third-order valence-electron chi connectivity index (χ3n) is 3.72. The Balaban J connectivity index is 1.77. The number of aromatic nitrogens is 2. The first-order chi connectivity index (χ1) is 9.83. The second-order valence-electron chi connectivity index (χ2n) is 5.19. The second-order valence-corrected chi connectivity index (χ2v) is 5.19. The molecule has 0 saturated heterocycles. The molecule has 0 amide bonds. The van der Waals surface area contributed by atoms with E-state index in [1.165, 1.54) is 36.6 Å². The van der Waals surface area contributed by atoms with Gasteiger partial charge in [0.2, 0.25) is 0 Å². The molecule has 1 heterocycles. The first-order valence-corrected chi connectivity index (χ1v) is 7.14. The minimum atomic E-state index is -0.203. The highest BCUT2D eigenvalue weighted by atomic mass is 19.1. The lowest BCUT2D eigenvalue weighted by atomic mass is 10.1. The van der Waals surface area contributed by atoms with Crippen LogP contribution in [0.2, 0.25) is 0 Å². The minimum Gasteiger partial charge on any atom is -0.366 e. The standard InChI is InChI=1S/C16H18FN3/c17-13-6-4-5-12(9-13)10-18-16-14-7-2-1-3-8-15(14)19-11-20-16/h4-6,9,11H,1-3,7-8,10H2,(H,18,19,20). The summed E-state index contributed by atoms with van der Waals surface area (Å²) in [5.41, 5.74) is 3.33. The Labute approximate surface area is 118 Å². The number of anilines is 1. The van der Waals surface area contributed by atoms with Crippen LogP contribution in [0.15, 0.2) is 30.6 Å². The second kappa shape index (κ2) is 5.99. The average Bonchev–Trinajstić information content (AvgIpc) is 2.71. The first kappa shape index (κ1) is 13.0. The predicted molar refractivity (Wildman–Crippen MR) is 77.0 cm³/mol. The molecule has 1 N–H and O–H groups in total. The lowest BCUT2D eigenvalue weighted by Crippen LogP contribution is -2.08. The van der Waals surface area contributed by atoms with Gasteiger partial charge in [-0.2, -0.15) is 0 Å². The van der Waals surface area contributed by atoms with E-state index in [2.05, 4.69) is 15.3 Å². The van der Waals surface area contributed by atoms with E-state index in [4.69, 9.17) is 0 Å². The van der Waals surface area contributed by atoms with Crippen LogP contribution in [0.5, 0.6) is 0 Å². The van der Waals surface area contributed by atoms with Gasteiger partial charge in [0.05, 0.1) is 0 Å². The fourth-order valence-electron chi connectivity index (χ4n) is 2.68. The molecule has 0 saturated carbocycles. The number of halogens is 1. The van der Waals surface area contributed by atoms with Crippen LogP contribution in [-0.2, 0) is 19.4 Å². The van der Waals surface area contributed by atoms with Gasteiger partial charge in [-0.15, -0.1) is 0 Å². The lowest BCUT2D eigenvalue weighted by molar-refractivity contribution is 0.626. The number of nitrogens with zero attached hydrogens (tertiary/aromatic N) is 2. The van der Waals surface area contributed by atoms with Gasteiger partial charge < -0.3 is 5.32 Å². The molecule has 20 heavy (non-hydrogen) atoms. The molecular weight excluding hydrogens is 253 g/mol. The number of nitrogens with one attached hydrogen (secondary N) is 1. The molecule has 3 nitrogen and oxygen atoms in total. The maximum absolute atomic E-state index is 13.2. The summed E-state index contributed by atoms with van der Waals surface area (Å²) in [6, 6.07) is 6.65. The lowest BCUT2D eigenvalue weighted by Gasteiger charge is -2.12. The van der Waals surface area contributed by atoms with E-state index in [9.17, 15) is 4.39 Å². The fourth-order valence-corrected chi connectivity index (χ4v) is 2.68. The molecule has 1 aliphatic rings. The summed E-state index contributed by atoms with van der Waals surface area (Å²) in [5, 5.41) is 3.33. The first-order valence-electron chi connectivity index (χ1n) is 7.14. The van der Waals surface area contributed by atoms with E-state index < -0.39 is 0 Å². The van der Waals surface area contributed by atoms with Gasteiger partial charge in [0.1, 0.15) is 18.0 Å². The molecule has 3 rings (SSSR count). The van der Waals surface area contributed by atoms with Gasteiger partial charge in [0.25, 0.3) is 0 Å². The Bertz CT molecular complexity index is 598. The van der Waals surface area contributed by atoms with E-state index in [-0.39, 0.29) is 5.82 Å². The highest BCUT2D eigenvalue weighted by Gasteiger charge is 2.14. The van der Waals surface area contributed by atoms with Gasteiger partial charge >= 0.3 is 0 Å². The van der Waals surface area contributed by atoms with Crippen molar-refractivity contribution in [3.05, 3.63) is 53.2 Å². The van der Waals surface area contributed by atoms with Gasteiger partial charge in [-0.05, 0) is 43.4 Å². The van der Waals surface area contributed by atoms with Gasteiger partial charge in [-0.25, -0.2) is 14.4 Å². The summed E-state index contributed by atoms with van der Waals surface area (Å²) in [5.74, 6) is 0.701. The summed E-state index contributed by atoms with van der Waals surface area (Å²) >= 11 is 0. The van der Waals surface area contributed by atoms with Crippen LogP contribution in [0, 0.1) is 5.82 Å². The van der Waals surface area contributed by atoms with Crippen LogP contribution in [0.1, 0.15) is 36.1 Å². The number of rotatable bonds is 3. The highest BCUT2D eigenvalue weighted by molar-refractivity contribution is 5.47. The Hall–Kier alpha value is -1.97. The molecule has 1 aromatic heterocycles. The van der Waals surface area contributed by atoms with Crippen LogP contribution in [0.25, 0.3) is 0 Å². The number of benzene rings is 1. The normalized spacial score (nSPS) is 14.4. The molecule has 4 heteroatoms. The van der Waals surface area contributed by atoms with Crippen molar-refractivity contribution < 1.29 is 4.39 Å². The van der Waals surface area contributed by atoms with Gasteiger partial charge in [-0.1, -0.05) is 18.6 Å². The zero-order valence-electron chi connectivity index (χ0n) is 11.4. The molecule has 104 valence electrons. The molecule has 0 radical (unpaired) electrons. The third kappa shape index (κ3) is 2.95. The van der Waals surface area contributed by atoms with E-state index in [1.54, 1.807) is 18.5 Å². The predicted octanol–water partition coefficient (Wildman–Crippen LogP) is 3.50. The van der Waals surface area contributed by atoms with E-state index in [1.807, 2.05) is 6.07 Å². The summed E-state index contributed by atoms with van der Waals surface area (Å²) in [6.45, 7) is 0.585. The molecule has 1 aromatic carbocycles. The fraction of sp³-hybridized carbons (Fsp3) is 0.375. The molecule has 0 atom stereocenters. The SMILES string of the molecule is Fc1cccc(CNc2ncnc3c2CCCCC3)c1. The van der Waals surface area contributed by atoms with Gasteiger partial charge in [0, 0.05) is 17.8 Å². The van der Waals surface area contributed by atoms with Crippen LogP contribution in [-0.4, -0.2) is 9.97 Å². The molecule has 0 aliphatic heterocycles. The average molecular weight is 271 g/mol. The van der Waals surface area contributed by atoms with Crippen molar-refractivity contribution in [3.63, 3.8) is 0 Å². The molecule has 0 unspecified atom stereocenters. The van der Waals surface area contributed by atoms with Crippen molar-refractivity contribution in [2.75, 3.05) is 5.32 Å². The summed E-state index contributed by atoms with van der Waals surface area (Å²) in [7, 11) is 0. The number of hydrogen-bond acceptors (Lipinski definition) is 3. The third-order valence-corrected chi connectivity index (χ3v) is 3.72. The maximum atomic E-state index is 13.2. The van der Waals surface area contributed by atoms with E-state index >= 15 is 0 Å². The largest absolute Gasteiger partial charge is 0.366 e. The molecule has 0 bridgehead atoms. The van der Waals surface area contributed by atoms with Crippen molar-refractivity contribution in [1.82, 2.24) is 9.97 Å². The number of hydrogen-bond donors (Lipinski definition) is 1. The quantitative estimate of drug-likeness (QED) is 0.868. The molecule has 1 aliphatic carbocycles. The smallest absolute Gasteiger partial charge is 0.133 e. The highest BCUT2D eigenvalue weighted by Crippen LogP contribution is 2.24. The number of fused-ring (bicyclic) bond motifs is 1. The van der Waals surface area contributed by atoms with Crippen LogP contribution in [0.4, 0.5) is 10.2 Å². The summed E-state index contributed by atoms with van der Waals surface area (Å²) < 4.78 is 13.2. The zero-order chi connectivity index (χ0) is 13.8. The van der Waals surface area contributed by atoms with E-state index in [0.717, 1.165) is 24.2 Å². The van der Waals surface area contributed by atoms with Crippen molar-refractivity contribution in [2.45, 2.75) is 38.6 Å². The van der Waals surface area contributed by atoms with Crippen LogP contribution < -0.4 is 5.32 Å². The Kier molecular flexibility index (Phi) is 3.90. The Morgan fingerprint density at radius 2 is 2.00 bits per heavy atom. The Morgan fingerprint density at radius 3 is 2.90 bits per heavy atom. The topological polar surface area (TPSA) is 37.8 Å². The summed E-state index contributed by atoms with van der Waals surface area (Å²) in [4.78, 5) is 8.75. The van der Waals surface area contributed by atoms with Crippen molar-refractivity contribution in [3.8, 4) is 0 Å². The monoisotopic (exact) mass is 271 g/mol. The van der Waals surface area contributed by atoms with Crippen molar-refractivity contribution in [2.24, 2.45) is 0 Å². The minimum absolute atomic E-state index is 0.203. The summed E-state index contributed by atoms with van der Waals surface area (Å²) in [6.07, 6.45) is 7.33. The molecule has 0 spiro atoms. The van der Waals surface area contributed by atoms with E-state index in [0.29, 0.717) is 6.54 Å². The molecule has 2 aromatic rings. The van der Waals surface area contributed by atoms with Crippen molar-refractivity contribution >= 4 is 5.82 Å². The van der Waals surface area contributed by atoms with Crippen LogP contribution >= 0.6 is 0 Å². The van der Waals surface area contributed by atoms with Gasteiger partial charge in [-0.3, -0.25) is 0 Å². The molecular formula is C16H18FN3. The van der Waals surface area contributed by atoms with Gasteiger partial charge in [0.15, 0.2) is 0 Å². The van der Waals surface area contributed by atoms with Crippen molar-refractivity contribution in [1.29, 1.82) is 0 Å². The Morgan fingerprint density at radius 1 is 1.10 bits per heavy atom. The maximum Gasteiger partial charge on any atom is 0.133 e. The number of aryl methyl sites for hydroxylation is 1. The zero-order valence-corrected chi connectivity index (χ0v) is 11.4. The molecule has 0 fully saturated rings.